The molecule has 0 bridgehead atoms. The van der Waals surface area contributed by atoms with E-state index in [4.69, 9.17) is 10.5 Å². The maximum absolute atomic E-state index is 11.3. The van der Waals surface area contributed by atoms with E-state index in [-0.39, 0.29) is 5.91 Å². The van der Waals surface area contributed by atoms with Crippen LogP contribution in [-0.2, 0) is 10.2 Å². The summed E-state index contributed by atoms with van der Waals surface area (Å²) in [7, 11) is 1.58. The van der Waals surface area contributed by atoms with E-state index in [2.05, 4.69) is 15.9 Å². The number of hydrogen-bond acceptors (Lipinski definition) is 2. The molecule has 0 aliphatic heterocycles. The quantitative estimate of drug-likeness (QED) is 0.917. The number of carbonyl (C=O) groups is 1. The van der Waals surface area contributed by atoms with Crippen LogP contribution < -0.4 is 10.5 Å². The number of methoxy groups -OCH3 is 1. The van der Waals surface area contributed by atoms with Gasteiger partial charge in [-0.1, -0.05) is 6.07 Å². The molecule has 0 saturated carbocycles. The summed E-state index contributed by atoms with van der Waals surface area (Å²) < 4.78 is 6.02. The van der Waals surface area contributed by atoms with E-state index in [9.17, 15) is 4.79 Å². The molecule has 1 amide bonds. The number of amides is 1. The average molecular weight is 272 g/mol. The summed E-state index contributed by atoms with van der Waals surface area (Å²) in [6, 6.07) is 5.52. The molecule has 82 valence electrons. The van der Waals surface area contributed by atoms with Gasteiger partial charge < -0.3 is 10.5 Å². The van der Waals surface area contributed by atoms with Crippen molar-refractivity contribution in [3.63, 3.8) is 0 Å². The van der Waals surface area contributed by atoms with Gasteiger partial charge in [0.05, 0.1) is 17.0 Å². The van der Waals surface area contributed by atoms with Crippen molar-refractivity contribution in [2.24, 2.45) is 5.73 Å². The zero-order valence-corrected chi connectivity index (χ0v) is 10.6. The van der Waals surface area contributed by atoms with Gasteiger partial charge in [0.1, 0.15) is 5.75 Å². The molecule has 0 aliphatic carbocycles. The highest BCUT2D eigenvalue weighted by Gasteiger charge is 2.27. The minimum absolute atomic E-state index is 0.355. The topological polar surface area (TPSA) is 52.3 Å². The lowest BCUT2D eigenvalue weighted by atomic mass is 9.84. The first-order chi connectivity index (χ1) is 6.89. The van der Waals surface area contributed by atoms with Gasteiger partial charge in [-0.25, -0.2) is 0 Å². The number of hydrogen-bond donors (Lipinski definition) is 1. The van der Waals surface area contributed by atoms with Gasteiger partial charge in [-0.2, -0.15) is 0 Å². The number of carbonyl (C=O) groups excluding carboxylic acids is 1. The number of halogens is 1. The normalized spacial score (nSPS) is 11.2. The zero-order chi connectivity index (χ0) is 11.6. The van der Waals surface area contributed by atoms with E-state index in [1.54, 1.807) is 21.0 Å². The molecule has 0 spiro atoms. The highest BCUT2D eigenvalue weighted by atomic mass is 79.9. The molecule has 0 aliphatic rings. The number of nitrogens with two attached hydrogens (primary N) is 1. The third-order valence-electron chi connectivity index (χ3n) is 2.49. The van der Waals surface area contributed by atoms with Crippen molar-refractivity contribution < 1.29 is 9.53 Å². The number of benzene rings is 1. The Labute approximate surface area is 97.7 Å². The van der Waals surface area contributed by atoms with Crippen LogP contribution in [0.15, 0.2) is 22.7 Å². The second-order valence-corrected chi connectivity index (χ2v) is 4.69. The summed E-state index contributed by atoms with van der Waals surface area (Å²) in [5.41, 5.74) is 5.50. The van der Waals surface area contributed by atoms with Crippen LogP contribution in [0.25, 0.3) is 0 Å². The third kappa shape index (κ3) is 2.31. The van der Waals surface area contributed by atoms with Gasteiger partial charge >= 0.3 is 0 Å². The van der Waals surface area contributed by atoms with Crippen LogP contribution in [0.5, 0.6) is 5.75 Å². The molecular weight excluding hydrogens is 258 g/mol. The van der Waals surface area contributed by atoms with Crippen LogP contribution in [0, 0.1) is 0 Å². The molecule has 1 aromatic carbocycles. The first-order valence-corrected chi connectivity index (χ1v) is 5.33. The molecule has 15 heavy (non-hydrogen) atoms. The Bertz CT molecular complexity index is 388. The van der Waals surface area contributed by atoms with E-state index in [1.165, 1.54) is 0 Å². The molecule has 0 radical (unpaired) electrons. The van der Waals surface area contributed by atoms with Crippen LogP contribution in [0.1, 0.15) is 19.4 Å². The van der Waals surface area contributed by atoms with Crippen molar-refractivity contribution in [3.05, 3.63) is 28.2 Å². The molecule has 2 N–H and O–H groups in total. The third-order valence-corrected chi connectivity index (χ3v) is 3.14. The second kappa shape index (κ2) is 4.23. The fourth-order valence-electron chi connectivity index (χ4n) is 1.19. The van der Waals surface area contributed by atoms with Crippen molar-refractivity contribution in [3.8, 4) is 5.75 Å². The maximum atomic E-state index is 11.3. The lowest BCUT2D eigenvalue weighted by molar-refractivity contribution is -0.122. The summed E-state index contributed by atoms with van der Waals surface area (Å²) in [5.74, 6) is 0.341. The Kier molecular flexibility index (Phi) is 3.39. The predicted octanol–water partition coefficient (Wildman–Crippen LogP) is 2.22. The summed E-state index contributed by atoms with van der Waals surface area (Å²) >= 11 is 3.35. The summed E-state index contributed by atoms with van der Waals surface area (Å²) in [5, 5.41) is 0. The molecule has 0 atom stereocenters. The monoisotopic (exact) mass is 271 g/mol. The minimum atomic E-state index is -0.687. The Morgan fingerprint density at radius 3 is 2.53 bits per heavy atom. The fourth-order valence-corrected chi connectivity index (χ4v) is 1.60. The summed E-state index contributed by atoms with van der Waals surface area (Å²) in [4.78, 5) is 11.3. The molecular formula is C11H14BrNO2. The SMILES string of the molecule is COc1cc(C(C)(C)C(N)=O)ccc1Br. The molecule has 1 aromatic rings. The fraction of sp³-hybridized carbons (Fsp3) is 0.364. The van der Waals surface area contributed by atoms with E-state index >= 15 is 0 Å². The van der Waals surface area contributed by atoms with Gasteiger partial charge in [0.15, 0.2) is 0 Å². The van der Waals surface area contributed by atoms with Gasteiger partial charge in [-0.3, -0.25) is 4.79 Å². The van der Waals surface area contributed by atoms with Crippen LogP contribution >= 0.6 is 15.9 Å². The Balaban J connectivity index is 3.22. The van der Waals surface area contributed by atoms with Gasteiger partial charge in [0.25, 0.3) is 0 Å². The largest absolute Gasteiger partial charge is 0.496 e. The average Bonchev–Trinajstić information content (AvgIpc) is 2.18. The maximum Gasteiger partial charge on any atom is 0.227 e. The molecule has 4 heteroatoms. The van der Waals surface area contributed by atoms with E-state index in [1.807, 2.05) is 18.2 Å². The van der Waals surface area contributed by atoms with Crippen LogP contribution in [0.2, 0.25) is 0 Å². The number of primary amides is 1. The highest BCUT2D eigenvalue weighted by molar-refractivity contribution is 9.10. The van der Waals surface area contributed by atoms with Crippen molar-refractivity contribution >= 4 is 21.8 Å². The Hall–Kier alpha value is -1.03. The van der Waals surface area contributed by atoms with Crippen LogP contribution in [0.3, 0.4) is 0 Å². The van der Waals surface area contributed by atoms with Gasteiger partial charge in [0.2, 0.25) is 5.91 Å². The van der Waals surface area contributed by atoms with E-state index in [0.29, 0.717) is 5.75 Å². The zero-order valence-electron chi connectivity index (χ0n) is 9.00. The minimum Gasteiger partial charge on any atom is -0.496 e. The smallest absolute Gasteiger partial charge is 0.227 e. The van der Waals surface area contributed by atoms with Crippen molar-refractivity contribution in [2.45, 2.75) is 19.3 Å². The lowest BCUT2D eigenvalue weighted by Crippen LogP contribution is -2.35. The summed E-state index contributed by atoms with van der Waals surface area (Å²) in [6.45, 7) is 3.58. The molecule has 0 saturated heterocycles. The lowest BCUT2D eigenvalue weighted by Gasteiger charge is -2.21. The Morgan fingerprint density at radius 2 is 2.07 bits per heavy atom. The van der Waals surface area contributed by atoms with Gasteiger partial charge in [-0.05, 0) is 47.5 Å². The second-order valence-electron chi connectivity index (χ2n) is 3.84. The highest BCUT2D eigenvalue weighted by Crippen LogP contribution is 2.31. The standard InChI is InChI=1S/C11H14BrNO2/c1-11(2,10(13)14)7-4-5-8(12)9(6-7)15-3/h4-6H,1-3H3,(H2,13,14). The molecule has 1 rings (SSSR count). The first kappa shape index (κ1) is 12.0. The molecule has 3 nitrogen and oxygen atoms in total. The van der Waals surface area contributed by atoms with Gasteiger partial charge in [-0.15, -0.1) is 0 Å². The van der Waals surface area contributed by atoms with Crippen molar-refractivity contribution in [1.82, 2.24) is 0 Å². The molecule has 0 aromatic heterocycles. The van der Waals surface area contributed by atoms with Crippen LogP contribution in [-0.4, -0.2) is 13.0 Å². The van der Waals surface area contributed by atoms with E-state index in [0.717, 1.165) is 10.0 Å². The molecule has 0 unspecified atom stereocenters. The first-order valence-electron chi connectivity index (χ1n) is 4.53. The number of ether oxygens (including phenoxy) is 1. The molecule has 0 fully saturated rings. The van der Waals surface area contributed by atoms with Crippen molar-refractivity contribution in [1.29, 1.82) is 0 Å². The van der Waals surface area contributed by atoms with Gasteiger partial charge in [0, 0.05) is 0 Å². The summed E-state index contributed by atoms with van der Waals surface area (Å²) in [6.07, 6.45) is 0. The Morgan fingerprint density at radius 1 is 1.47 bits per heavy atom. The van der Waals surface area contributed by atoms with Crippen molar-refractivity contribution in [2.75, 3.05) is 7.11 Å². The number of rotatable bonds is 3. The molecule has 0 heterocycles. The van der Waals surface area contributed by atoms with Crippen LogP contribution in [0.4, 0.5) is 0 Å². The predicted molar refractivity (Wildman–Crippen MR) is 62.9 cm³/mol. The van der Waals surface area contributed by atoms with E-state index < -0.39 is 5.41 Å².